The maximum Gasteiger partial charge on any atom is 0.284 e. The molecule has 150 valence electrons. The van der Waals surface area contributed by atoms with Crippen LogP contribution in [-0.2, 0) is 13.1 Å². The Hall–Kier alpha value is -2.80. The zero-order chi connectivity index (χ0) is 19.9. The Morgan fingerprint density at radius 3 is 2.75 bits per heavy atom. The van der Waals surface area contributed by atoms with Crippen LogP contribution >= 0.6 is 0 Å². The molecule has 1 aliphatic heterocycles. The number of carbonyl (C=O) groups is 1. The normalized spacial score (nSPS) is 20.3. The van der Waals surface area contributed by atoms with Crippen LogP contribution in [0.3, 0.4) is 0 Å². The predicted molar refractivity (Wildman–Crippen MR) is 110 cm³/mol. The fourth-order valence-corrected chi connectivity index (χ4v) is 3.51. The third kappa shape index (κ3) is 5.36. The van der Waals surface area contributed by atoms with Crippen LogP contribution in [0.25, 0.3) is 0 Å². The van der Waals surface area contributed by atoms with E-state index in [0.717, 1.165) is 32.0 Å². The molecule has 0 saturated carbocycles. The second kappa shape index (κ2) is 9.41. The van der Waals surface area contributed by atoms with Crippen molar-refractivity contribution in [1.82, 2.24) is 15.5 Å². The number of aliphatic imine (C=N–C) groups is 1. The first-order chi connectivity index (χ1) is 13.5. The number of nitrogens with one attached hydrogen (secondary N) is 2. The number of rotatable bonds is 7. The van der Waals surface area contributed by atoms with E-state index in [2.05, 4.69) is 51.7 Å². The number of amides is 1. The number of hydrogen-bond donors (Lipinski definition) is 3. The minimum Gasteiger partial charge on any atom is -0.454 e. The molecule has 1 amide bonds. The van der Waals surface area contributed by atoms with E-state index < -0.39 is 5.91 Å². The topological polar surface area (TPSA) is 95.9 Å². The fourth-order valence-electron chi connectivity index (χ4n) is 3.51. The molecule has 7 heteroatoms. The molecule has 2 atom stereocenters. The molecule has 0 radical (unpaired) electrons. The quantitative estimate of drug-likeness (QED) is 0.503. The monoisotopic (exact) mass is 383 g/mol. The van der Waals surface area contributed by atoms with Gasteiger partial charge in [0.2, 0.25) is 0 Å². The minimum atomic E-state index is -0.571. The van der Waals surface area contributed by atoms with E-state index in [-0.39, 0.29) is 5.76 Å². The summed E-state index contributed by atoms with van der Waals surface area (Å²) in [6.45, 7) is 7.34. The van der Waals surface area contributed by atoms with E-state index >= 15 is 0 Å². The molecule has 1 saturated heterocycles. The predicted octanol–water partition coefficient (Wildman–Crippen LogP) is 2.10. The van der Waals surface area contributed by atoms with Crippen molar-refractivity contribution in [2.24, 2.45) is 10.7 Å². The molecule has 0 spiro atoms. The highest BCUT2D eigenvalue weighted by atomic mass is 16.3. The van der Waals surface area contributed by atoms with Gasteiger partial charge in [-0.2, -0.15) is 0 Å². The van der Waals surface area contributed by atoms with Crippen LogP contribution in [0.15, 0.2) is 51.9 Å². The second-order valence-electron chi connectivity index (χ2n) is 7.17. The van der Waals surface area contributed by atoms with Gasteiger partial charge in [0.1, 0.15) is 12.3 Å². The highest BCUT2D eigenvalue weighted by Crippen LogP contribution is 2.20. The Morgan fingerprint density at radius 1 is 1.29 bits per heavy atom. The highest BCUT2D eigenvalue weighted by Gasteiger charge is 2.29. The summed E-state index contributed by atoms with van der Waals surface area (Å²) in [7, 11) is 0. The summed E-state index contributed by atoms with van der Waals surface area (Å²) >= 11 is 0. The van der Waals surface area contributed by atoms with E-state index in [1.165, 1.54) is 5.56 Å². The molecule has 0 aliphatic carbocycles. The first kappa shape index (κ1) is 19.9. The van der Waals surface area contributed by atoms with E-state index in [1.54, 1.807) is 12.1 Å². The number of furan rings is 1. The van der Waals surface area contributed by atoms with Crippen molar-refractivity contribution in [2.45, 2.75) is 45.4 Å². The van der Waals surface area contributed by atoms with Gasteiger partial charge in [-0.15, -0.1) is 0 Å². The van der Waals surface area contributed by atoms with Crippen LogP contribution in [0.4, 0.5) is 0 Å². The smallest absolute Gasteiger partial charge is 0.284 e. The van der Waals surface area contributed by atoms with Crippen molar-refractivity contribution in [3.05, 3.63) is 59.5 Å². The molecule has 1 fully saturated rings. The number of nitrogens with zero attached hydrogens (tertiary/aromatic N) is 2. The average molecular weight is 383 g/mol. The lowest BCUT2D eigenvalue weighted by molar-refractivity contribution is 0.0972. The van der Waals surface area contributed by atoms with Crippen molar-refractivity contribution in [3.63, 3.8) is 0 Å². The van der Waals surface area contributed by atoms with Gasteiger partial charge in [0.05, 0.1) is 0 Å². The maximum absolute atomic E-state index is 11.1. The zero-order valence-corrected chi connectivity index (χ0v) is 16.5. The number of primary amides is 1. The van der Waals surface area contributed by atoms with Gasteiger partial charge < -0.3 is 20.8 Å². The Bertz CT molecular complexity index is 802. The molecular formula is C21H29N5O2. The van der Waals surface area contributed by atoms with Crippen molar-refractivity contribution in [2.75, 3.05) is 13.1 Å². The van der Waals surface area contributed by atoms with Crippen LogP contribution in [-0.4, -0.2) is 41.9 Å². The number of benzene rings is 1. The van der Waals surface area contributed by atoms with Gasteiger partial charge in [-0.25, -0.2) is 4.99 Å². The number of carbonyl (C=O) groups excluding carboxylic acids is 1. The summed E-state index contributed by atoms with van der Waals surface area (Å²) in [5.41, 5.74) is 6.56. The van der Waals surface area contributed by atoms with Gasteiger partial charge in [0, 0.05) is 31.7 Å². The van der Waals surface area contributed by atoms with E-state index in [1.807, 2.05) is 13.0 Å². The third-order valence-corrected chi connectivity index (χ3v) is 4.91. The number of likely N-dealkylation sites (tertiary alicyclic amines) is 1. The summed E-state index contributed by atoms with van der Waals surface area (Å²) in [6.07, 6.45) is 1.06. The van der Waals surface area contributed by atoms with Gasteiger partial charge in [-0.1, -0.05) is 30.3 Å². The molecule has 1 aromatic carbocycles. The Balaban J connectivity index is 1.58. The van der Waals surface area contributed by atoms with Crippen LogP contribution in [0.5, 0.6) is 0 Å². The molecule has 0 bridgehead atoms. The Kier molecular flexibility index (Phi) is 6.71. The average Bonchev–Trinajstić information content (AvgIpc) is 3.28. The van der Waals surface area contributed by atoms with Crippen LogP contribution in [0, 0.1) is 0 Å². The molecule has 3 rings (SSSR count). The summed E-state index contributed by atoms with van der Waals surface area (Å²) in [5, 5.41) is 6.80. The first-order valence-electron chi connectivity index (χ1n) is 9.76. The van der Waals surface area contributed by atoms with Crippen molar-refractivity contribution in [1.29, 1.82) is 0 Å². The molecule has 2 unspecified atom stereocenters. The number of nitrogens with two attached hydrogens (primary N) is 1. The van der Waals surface area contributed by atoms with Crippen molar-refractivity contribution in [3.8, 4) is 0 Å². The van der Waals surface area contributed by atoms with Gasteiger partial charge in [0.15, 0.2) is 11.7 Å². The maximum atomic E-state index is 11.1. The molecule has 4 N–H and O–H groups in total. The molecule has 2 aromatic rings. The van der Waals surface area contributed by atoms with Crippen molar-refractivity contribution >= 4 is 11.9 Å². The highest BCUT2D eigenvalue weighted by molar-refractivity contribution is 5.89. The zero-order valence-electron chi connectivity index (χ0n) is 16.5. The SMILES string of the molecule is CCNC(=NCc1ccc(C(N)=O)o1)NC1CC(C)N(Cc2ccccc2)C1. The standard InChI is InChI=1S/C21H29N5O2/c1-3-23-21(24-12-18-9-10-19(28-18)20(22)27)25-17-11-15(2)26(14-17)13-16-7-5-4-6-8-16/h4-10,15,17H,3,11-14H2,1-2H3,(H2,22,27)(H2,23,24,25). The number of guanidine groups is 1. The first-order valence-corrected chi connectivity index (χ1v) is 9.76. The summed E-state index contributed by atoms with van der Waals surface area (Å²) < 4.78 is 5.40. The van der Waals surface area contributed by atoms with Crippen LogP contribution in [0.1, 0.15) is 42.1 Å². The van der Waals surface area contributed by atoms with Crippen LogP contribution < -0.4 is 16.4 Å². The summed E-state index contributed by atoms with van der Waals surface area (Å²) in [5.74, 6) is 0.942. The largest absolute Gasteiger partial charge is 0.454 e. The van der Waals surface area contributed by atoms with E-state index in [9.17, 15) is 4.79 Å². The Labute approximate surface area is 166 Å². The lowest BCUT2D eigenvalue weighted by atomic mass is 10.2. The summed E-state index contributed by atoms with van der Waals surface area (Å²) in [6, 6.07) is 14.7. The second-order valence-corrected chi connectivity index (χ2v) is 7.17. The number of hydrogen-bond acceptors (Lipinski definition) is 4. The van der Waals surface area contributed by atoms with E-state index in [0.29, 0.717) is 24.4 Å². The van der Waals surface area contributed by atoms with Crippen molar-refractivity contribution < 1.29 is 9.21 Å². The third-order valence-electron chi connectivity index (χ3n) is 4.91. The van der Waals surface area contributed by atoms with Crippen LogP contribution in [0.2, 0.25) is 0 Å². The minimum absolute atomic E-state index is 0.157. The summed E-state index contributed by atoms with van der Waals surface area (Å²) in [4.78, 5) is 18.2. The Morgan fingerprint density at radius 2 is 2.07 bits per heavy atom. The molecule has 1 aliphatic rings. The van der Waals surface area contributed by atoms with Gasteiger partial charge in [-0.3, -0.25) is 9.69 Å². The molecular weight excluding hydrogens is 354 g/mol. The van der Waals surface area contributed by atoms with E-state index in [4.69, 9.17) is 10.2 Å². The fraction of sp³-hybridized carbons (Fsp3) is 0.429. The lowest BCUT2D eigenvalue weighted by Gasteiger charge is -2.21. The van der Waals surface area contributed by atoms with Gasteiger partial charge >= 0.3 is 0 Å². The van der Waals surface area contributed by atoms with Gasteiger partial charge in [-0.05, 0) is 38.0 Å². The molecule has 2 heterocycles. The lowest BCUT2D eigenvalue weighted by Crippen LogP contribution is -2.44. The molecule has 1 aromatic heterocycles. The van der Waals surface area contributed by atoms with Gasteiger partial charge in [0.25, 0.3) is 5.91 Å². The molecule has 28 heavy (non-hydrogen) atoms. The molecule has 7 nitrogen and oxygen atoms in total.